The summed E-state index contributed by atoms with van der Waals surface area (Å²) in [5, 5.41) is 12.0. The zero-order valence-corrected chi connectivity index (χ0v) is 38.0. The zero-order valence-electron chi connectivity index (χ0n) is 37.1. The van der Waals surface area contributed by atoms with E-state index in [1.165, 1.54) is 12.1 Å². The Morgan fingerprint density at radius 3 is 2.18 bits per heavy atom. The lowest BCUT2D eigenvalue weighted by Gasteiger charge is -2.27. The number of hydrogen-bond acceptors (Lipinski definition) is 13. The van der Waals surface area contributed by atoms with E-state index in [0.29, 0.717) is 83.6 Å². The third-order valence-corrected chi connectivity index (χ3v) is 11.8. The summed E-state index contributed by atoms with van der Waals surface area (Å²) in [5.41, 5.74) is 3.36. The number of fused-ring (bicyclic) bond motifs is 2. The van der Waals surface area contributed by atoms with E-state index >= 15 is 0 Å². The van der Waals surface area contributed by atoms with Crippen LogP contribution in [0.25, 0.3) is 17.4 Å². The Morgan fingerprint density at radius 2 is 1.56 bits per heavy atom. The van der Waals surface area contributed by atoms with Gasteiger partial charge in [-0.25, -0.2) is 17.8 Å². The van der Waals surface area contributed by atoms with E-state index in [1.54, 1.807) is 20.3 Å². The van der Waals surface area contributed by atoms with Crippen molar-refractivity contribution in [2.45, 2.75) is 95.2 Å². The van der Waals surface area contributed by atoms with Crippen LogP contribution < -0.4 is 14.8 Å². The van der Waals surface area contributed by atoms with Crippen molar-refractivity contribution in [1.29, 1.82) is 0 Å². The van der Waals surface area contributed by atoms with Gasteiger partial charge in [-0.1, -0.05) is 53.2 Å². The number of rotatable bonds is 23. The van der Waals surface area contributed by atoms with Gasteiger partial charge in [0.05, 0.1) is 37.4 Å². The number of carbonyl (C=O) groups is 2. The standard InChI is InChI=1S/C46H63N3O12S/c1-45(2,3)41-30-33(36-17-15-34(31-39(36)60-41)47(22-24-58-28-26-56-6)23-25-59-29-27-57-7)12-11-13-40-46(4,5)37-32-35(62(53,54)55)16-18-38(37)48(40)21-10-8-9-14-44(52)61-49-42(50)19-20-43(49)51/h11-13,15-18,30-32,44,52H,8-10,14,19-29H2,1-7H3. The highest BCUT2D eigenvalue weighted by atomic mass is 32.2. The number of nitrogens with zero attached hydrogens (tertiary/aromatic N) is 3. The fourth-order valence-electron chi connectivity index (χ4n) is 7.52. The van der Waals surface area contributed by atoms with Crippen molar-refractivity contribution in [3.63, 3.8) is 0 Å². The Bertz CT molecular complexity index is 2190. The van der Waals surface area contributed by atoms with Crippen molar-refractivity contribution in [2.75, 3.05) is 78.4 Å². The van der Waals surface area contributed by atoms with Crippen LogP contribution >= 0.6 is 0 Å². The quantitative estimate of drug-likeness (QED) is 0.0425. The van der Waals surface area contributed by atoms with E-state index in [9.17, 15) is 27.7 Å². The van der Waals surface area contributed by atoms with Crippen LogP contribution in [0, 0.1) is 0 Å². The summed E-state index contributed by atoms with van der Waals surface area (Å²) >= 11 is 0. The molecular weight excluding hydrogens is 819 g/mol. The lowest BCUT2D eigenvalue weighted by Crippen LogP contribution is -2.36. The molecule has 15 nitrogen and oxygen atoms in total. The molecule has 2 amide bonds. The van der Waals surface area contributed by atoms with Gasteiger partial charge in [-0.3, -0.25) is 9.59 Å². The summed E-state index contributed by atoms with van der Waals surface area (Å²) in [4.78, 5) is 30.9. The number of aliphatic hydroxyl groups is 1. The SMILES string of the molecule is COCCOCC[N+](CCOCCOC)=c1ccc2c(/C=C/C=C3/N(CCCCCC(O)ON4C(=O)CCC4=O)c4ccc(S(=O)(=O)[O-])cc4C3(C)C)cc(C(C)(C)C)oc-2c1. The second-order valence-electron chi connectivity index (χ2n) is 17.0. The van der Waals surface area contributed by atoms with E-state index in [0.717, 1.165) is 45.0 Å². The second kappa shape index (κ2) is 21.9. The van der Waals surface area contributed by atoms with Gasteiger partial charge in [-0.2, -0.15) is 5.06 Å². The maximum Gasteiger partial charge on any atom is 0.254 e. The van der Waals surface area contributed by atoms with Crippen molar-refractivity contribution < 1.29 is 55.9 Å². The van der Waals surface area contributed by atoms with Crippen LogP contribution in [-0.4, -0.2) is 115 Å². The number of amides is 2. The van der Waals surface area contributed by atoms with Gasteiger partial charge in [0.15, 0.2) is 19.4 Å². The van der Waals surface area contributed by atoms with Gasteiger partial charge in [0.2, 0.25) is 5.36 Å². The van der Waals surface area contributed by atoms with Crippen molar-refractivity contribution in [1.82, 2.24) is 9.64 Å². The number of methoxy groups -OCH3 is 2. The molecule has 1 unspecified atom stereocenters. The van der Waals surface area contributed by atoms with Gasteiger partial charge < -0.3 is 37.9 Å². The molecular formula is C46H63N3O12S. The van der Waals surface area contributed by atoms with Gasteiger partial charge in [-0.15, -0.1) is 0 Å². The van der Waals surface area contributed by atoms with Gasteiger partial charge >= 0.3 is 0 Å². The van der Waals surface area contributed by atoms with Crippen molar-refractivity contribution in [3.8, 4) is 11.3 Å². The number of aliphatic hydroxyl groups excluding tert-OH is 1. The number of imide groups is 1. The Balaban J connectivity index is 1.44. The Morgan fingerprint density at radius 1 is 0.903 bits per heavy atom. The number of ether oxygens (including phenoxy) is 4. The van der Waals surface area contributed by atoms with Crippen molar-refractivity contribution >= 4 is 33.7 Å². The molecule has 1 aromatic carbocycles. The minimum atomic E-state index is -4.69. The first kappa shape index (κ1) is 48.8. The lowest BCUT2D eigenvalue weighted by atomic mass is 9.83. The molecule has 0 saturated carbocycles. The molecule has 0 bridgehead atoms. The van der Waals surface area contributed by atoms with Gasteiger partial charge in [0, 0.05) is 73.9 Å². The molecule has 0 aromatic heterocycles. The smallest absolute Gasteiger partial charge is 0.254 e. The Hall–Kier alpha value is -4.26. The summed E-state index contributed by atoms with van der Waals surface area (Å²) in [6.07, 6.45) is 7.12. The summed E-state index contributed by atoms with van der Waals surface area (Å²) in [6, 6.07) is 12.8. The molecule has 4 aliphatic rings. The molecule has 3 heterocycles. The monoisotopic (exact) mass is 881 g/mol. The van der Waals surface area contributed by atoms with Crippen molar-refractivity contribution in [2.24, 2.45) is 0 Å². The fraction of sp³-hybridized carbons (Fsp3) is 0.543. The van der Waals surface area contributed by atoms with E-state index in [1.807, 2.05) is 32.1 Å². The maximum absolute atomic E-state index is 12.1. The highest BCUT2D eigenvalue weighted by Gasteiger charge is 2.40. The molecule has 62 heavy (non-hydrogen) atoms. The van der Waals surface area contributed by atoms with Crippen LogP contribution in [0.4, 0.5) is 5.69 Å². The van der Waals surface area contributed by atoms with E-state index in [2.05, 4.69) is 54.5 Å². The molecule has 1 N–H and O–H groups in total. The third kappa shape index (κ3) is 12.7. The molecule has 0 spiro atoms. The number of benzene rings is 2. The van der Waals surface area contributed by atoms with Gasteiger partial charge in [0.25, 0.3) is 11.8 Å². The Labute approximate surface area is 365 Å². The van der Waals surface area contributed by atoms with Crippen LogP contribution in [0.15, 0.2) is 69.6 Å². The van der Waals surface area contributed by atoms with E-state index < -0.39 is 33.6 Å². The Kier molecular flexibility index (Phi) is 17.2. The summed E-state index contributed by atoms with van der Waals surface area (Å²) < 4.78 is 67.0. The minimum Gasteiger partial charge on any atom is -0.744 e. The number of hydroxylamine groups is 2. The highest BCUT2D eigenvalue weighted by Crippen LogP contribution is 2.48. The predicted molar refractivity (Wildman–Crippen MR) is 233 cm³/mol. The van der Waals surface area contributed by atoms with E-state index in [4.69, 9.17) is 28.2 Å². The molecule has 1 atom stereocenters. The van der Waals surface area contributed by atoms with Gasteiger partial charge in [0.1, 0.15) is 34.9 Å². The average molecular weight is 882 g/mol. The van der Waals surface area contributed by atoms with Crippen LogP contribution in [0.3, 0.4) is 0 Å². The predicted octanol–water partition coefficient (Wildman–Crippen LogP) is 5.34. The molecule has 1 fully saturated rings. The minimum absolute atomic E-state index is 0.0715. The summed E-state index contributed by atoms with van der Waals surface area (Å²) in [5.74, 6) is 0.615. The molecule has 3 aliphatic heterocycles. The number of anilines is 1. The second-order valence-corrected chi connectivity index (χ2v) is 18.4. The molecule has 340 valence electrons. The fourth-order valence-corrected chi connectivity index (χ4v) is 8.02. The summed E-state index contributed by atoms with van der Waals surface area (Å²) in [7, 11) is -1.39. The number of unbranched alkanes of at least 4 members (excludes halogenated alkanes) is 2. The first-order chi connectivity index (χ1) is 29.4. The number of hydrogen-bond donors (Lipinski definition) is 1. The number of allylic oxidation sites excluding steroid dienone is 3. The average Bonchev–Trinajstić information content (AvgIpc) is 3.64. The van der Waals surface area contributed by atoms with E-state index in [-0.39, 0.29) is 29.6 Å². The molecule has 0 radical (unpaired) electrons. The first-order valence-corrected chi connectivity index (χ1v) is 22.6. The van der Waals surface area contributed by atoms with Crippen LogP contribution in [0.5, 0.6) is 0 Å². The molecule has 16 heteroatoms. The molecule has 5 rings (SSSR count). The molecule has 1 aromatic rings. The first-order valence-electron chi connectivity index (χ1n) is 21.2. The third-order valence-electron chi connectivity index (χ3n) is 11.0. The number of carbonyl (C=O) groups excluding carboxylic acids is 2. The van der Waals surface area contributed by atoms with Gasteiger partial charge in [-0.05, 0) is 60.4 Å². The molecule has 1 saturated heterocycles. The summed E-state index contributed by atoms with van der Waals surface area (Å²) in [6.45, 7) is 15.2. The lowest BCUT2D eigenvalue weighted by molar-refractivity contribution is -0.245. The highest BCUT2D eigenvalue weighted by molar-refractivity contribution is 7.85. The van der Waals surface area contributed by atoms with Crippen LogP contribution in [0.1, 0.15) is 90.0 Å². The normalized spacial score (nSPS) is 16.7. The topological polar surface area (TPSA) is 180 Å². The van der Waals surface area contributed by atoms with Crippen LogP contribution in [0.2, 0.25) is 0 Å². The maximum atomic E-state index is 12.1. The van der Waals surface area contributed by atoms with Crippen molar-refractivity contribution in [3.05, 3.63) is 82.6 Å². The van der Waals surface area contributed by atoms with Crippen LogP contribution in [-0.2, 0) is 54.3 Å². The zero-order chi connectivity index (χ0) is 45.1. The largest absolute Gasteiger partial charge is 0.744 e. The molecule has 1 aliphatic carbocycles.